The van der Waals surface area contributed by atoms with Gasteiger partial charge >= 0.3 is 0 Å². The van der Waals surface area contributed by atoms with Crippen LogP contribution < -0.4 is 5.73 Å². The van der Waals surface area contributed by atoms with Gasteiger partial charge in [0.25, 0.3) is 0 Å². The van der Waals surface area contributed by atoms with Gasteiger partial charge in [-0.2, -0.15) is 0 Å². The highest BCUT2D eigenvalue weighted by Crippen LogP contribution is 2.19. The van der Waals surface area contributed by atoms with E-state index >= 15 is 0 Å². The molecule has 88 valence electrons. The van der Waals surface area contributed by atoms with E-state index in [2.05, 4.69) is 5.16 Å². The largest absolute Gasteiger partial charge is 0.394 e. The smallest absolute Gasteiger partial charge is 0.157 e. The Balaban J connectivity index is 2.29. The van der Waals surface area contributed by atoms with Crippen LogP contribution >= 0.6 is 0 Å². The van der Waals surface area contributed by atoms with Gasteiger partial charge in [-0.3, -0.25) is 0 Å². The molecule has 1 heterocycles. The van der Waals surface area contributed by atoms with Crippen molar-refractivity contribution < 1.29 is 13.3 Å². The molecule has 5 heteroatoms. The number of hydrogen-bond acceptors (Lipinski definition) is 3. The first-order valence-corrected chi connectivity index (χ1v) is 4.93. The van der Waals surface area contributed by atoms with Crippen molar-refractivity contribution in [3.05, 3.63) is 46.9 Å². The molecule has 2 N–H and O–H groups in total. The van der Waals surface area contributed by atoms with Crippen molar-refractivity contribution in [2.24, 2.45) is 0 Å². The molecule has 0 fully saturated rings. The topological polar surface area (TPSA) is 52.0 Å². The Morgan fingerprint density at radius 2 is 2.06 bits per heavy atom. The number of aryl methyl sites for hydroxylation is 1. The summed E-state index contributed by atoms with van der Waals surface area (Å²) < 4.78 is 30.8. The van der Waals surface area contributed by atoms with Gasteiger partial charge in [0.1, 0.15) is 23.0 Å². The highest BCUT2D eigenvalue weighted by atomic mass is 19.1. The Morgan fingerprint density at radius 3 is 2.65 bits per heavy atom. The van der Waals surface area contributed by atoms with E-state index in [9.17, 15) is 8.78 Å². The van der Waals surface area contributed by atoms with Crippen LogP contribution in [0.5, 0.6) is 0 Å². The van der Waals surface area contributed by atoms with Gasteiger partial charge in [0.15, 0.2) is 5.76 Å². The van der Waals surface area contributed by atoms with E-state index in [0.29, 0.717) is 17.1 Å². The normalized spacial score (nSPS) is 11.2. The van der Waals surface area contributed by atoms with Gasteiger partial charge in [-0.15, -0.1) is 0 Å². The SMILES string of the molecule is Cc1onc(/C=C/c2ccc(F)cc2F)c1N. The molecule has 0 aliphatic carbocycles. The summed E-state index contributed by atoms with van der Waals surface area (Å²) in [6.45, 7) is 1.68. The molecule has 0 aliphatic heterocycles. The number of nitrogen functional groups attached to an aromatic ring is 1. The minimum Gasteiger partial charge on any atom is -0.394 e. The molecule has 1 aromatic heterocycles. The summed E-state index contributed by atoms with van der Waals surface area (Å²) in [4.78, 5) is 0. The lowest BCUT2D eigenvalue weighted by molar-refractivity contribution is 0.397. The highest BCUT2D eigenvalue weighted by Gasteiger charge is 2.06. The third kappa shape index (κ3) is 2.33. The molecule has 1 aromatic carbocycles. The van der Waals surface area contributed by atoms with Crippen LogP contribution in [0.1, 0.15) is 17.0 Å². The van der Waals surface area contributed by atoms with E-state index < -0.39 is 11.6 Å². The van der Waals surface area contributed by atoms with Gasteiger partial charge in [-0.25, -0.2) is 8.78 Å². The van der Waals surface area contributed by atoms with Crippen molar-refractivity contribution in [2.45, 2.75) is 6.92 Å². The quantitative estimate of drug-likeness (QED) is 0.871. The average molecular weight is 236 g/mol. The molecule has 0 amide bonds. The number of rotatable bonds is 2. The number of benzene rings is 1. The third-order valence-electron chi connectivity index (χ3n) is 2.32. The van der Waals surface area contributed by atoms with Crippen LogP contribution in [0.25, 0.3) is 12.2 Å². The second-order valence-electron chi connectivity index (χ2n) is 3.54. The van der Waals surface area contributed by atoms with Crippen LogP contribution in [-0.2, 0) is 0 Å². The van der Waals surface area contributed by atoms with Crippen LogP contribution in [0.2, 0.25) is 0 Å². The van der Waals surface area contributed by atoms with Gasteiger partial charge < -0.3 is 10.3 Å². The lowest BCUT2D eigenvalue weighted by Crippen LogP contribution is -1.88. The third-order valence-corrected chi connectivity index (χ3v) is 2.32. The molecule has 2 aromatic rings. The zero-order valence-corrected chi connectivity index (χ0v) is 9.08. The van der Waals surface area contributed by atoms with E-state index in [-0.39, 0.29) is 5.56 Å². The monoisotopic (exact) mass is 236 g/mol. The maximum Gasteiger partial charge on any atom is 0.157 e. The van der Waals surface area contributed by atoms with Crippen molar-refractivity contribution >= 4 is 17.8 Å². The molecule has 0 saturated heterocycles. The maximum absolute atomic E-state index is 13.3. The molecule has 0 saturated carbocycles. The first-order chi connectivity index (χ1) is 8.08. The van der Waals surface area contributed by atoms with Gasteiger partial charge in [0.05, 0.1) is 0 Å². The number of nitrogens with zero attached hydrogens (tertiary/aromatic N) is 1. The molecule has 0 radical (unpaired) electrons. The van der Waals surface area contributed by atoms with Crippen LogP contribution in [-0.4, -0.2) is 5.16 Å². The average Bonchev–Trinajstić information content (AvgIpc) is 2.59. The Kier molecular flexibility index (Phi) is 2.91. The molecule has 0 atom stereocenters. The molecule has 0 aliphatic rings. The van der Waals surface area contributed by atoms with Crippen molar-refractivity contribution in [2.75, 3.05) is 5.73 Å². The summed E-state index contributed by atoms with van der Waals surface area (Å²) in [7, 11) is 0. The molecule has 0 spiro atoms. The predicted molar refractivity (Wildman–Crippen MR) is 60.9 cm³/mol. The number of nitrogens with two attached hydrogens (primary N) is 1. The first-order valence-electron chi connectivity index (χ1n) is 4.93. The van der Waals surface area contributed by atoms with E-state index in [1.165, 1.54) is 24.3 Å². The van der Waals surface area contributed by atoms with Crippen LogP contribution in [0.4, 0.5) is 14.5 Å². The minimum atomic E-state index is -0.639. The Labute approximate surface area is 96.5 Å². The fourth-order valence-corrected chi connectivity index (χ4v) is 1.32. The maximum atomic E-state index is 13.3. The van der Waals surface area contributed by atoms with Gasteiger partial charge in [-0.05, 0) is 31.2 Å². The standard InChI is InChI=1S/C12H10F2N2O/c1-7-12(15)11(16-17-7)5-3-8-2-4-9(13)6-10(8)14/h2-6H,15H2,1H3/b5-3+. The fourth-order valence-electron chi connectivity index (χ4n) is 1.32. The molecule has 17 heavy (non-hydrogen) atoms. The summed E-state index contributed by atoms with van der Waals surface area (Å²) in [6, 6.07) is 3.33. The Hall–Kier alpha value is -2.17. The lowest BCUT2D eigenvalue weighted by atomic mass is 10.1. The van der Waals surface area contributed by atoms with E-state index in [4.69, 9.17) is 10.3 Å². The summed E-state index contributed by atoms with van der Waals surface area (Å²) >= 11 is 0. The highest BCUT2D eigenvalue weighted by molar-refractivity contribution is 5.74. The molecule has 3 nitrogen and oxygen atoms in total. The van der Waals surface area contributed by atoms with Gasteiger partial charge in [0.2, 0.25) is 0 Å². The number of halogens is 2. The van der Waals surface area contributed by atoms with Crippen molar-refractivity contribution in [1.82, 2.24) is 5.16 Å². The van der Waals surface area contributed by atoms with E-state index in [1.807, 2.05) is 0 Å². The van der Waals surface area contributed by atoms with Crippen LogP contribution in [0.3, 0.4) is 0 Å². The molecule has 2 rings (SSSR count). The number of hydrogen-bond donors (Lipinski definition) is 1. The zero-order valence-electron chi connectivity index (χ0n) is 9.08. The second-order valence-corrected chi connectivity index (χ2v) is 3.54. The van der Waals surface area contributed by atoms with Gasteiger partial charge in [-0.1, -0.05) is 5.16 Å². The lowest BCUT2D eigenvalue weighted by Gasteiger charge is -1.96. The van der Waals surface area contributed by atoms with E-state index in [1.54, 1.807) is 6.92 Å². The first kappa shape index (κ1) is 11.3. The minimum absolute atomic E-state index is 0.256. The van der Waals surface area contributed by atoms with Crippen LogP contribution in [0, 0.1) is 18.6 Å². The Bertz CT molecular complexity index is 576. The summed E-state index contributed by atoms with van der Waals surface area (Å²) in [6.07, 6.45) is 2.98. The Morgan fingerprint density at radius 1 is 1.29 bits per heavy atom. The van der Waals surface area contributed by atoms with Gasteiger partial charge in [0, 0.05) is 11.6 Å². The summed E-state index contributed by atoms with van der Waals surface area (Å²) in [5, 5.41) is 3.69. The van der Waals surface area contributed by atoms with Crippen molar-refractivity contribution in [1.29, 1.82) is 0 Å². The summed E-state index contributed by atoms with van der Waals surface area (Å²) in [5.74, 6) is -0.749. The molecule has 0 bridgehead atoms. The number of anilines is 1. The number of aromatic nitrogens is 1. The van der Waals surface area contributed by atoms with Crippen molar-refractivity contribution in [3.8, 4) is 0 Å². The predicted octanol–water partition coefficient (Wildman–Crippen LogP) is 3.01. The van der Waals surface area contributed by atoms with Crippen molar-refractivity contribution in [3.63, 3.8) is 0 Å². The van der Waals surface area contributed by atoms with Crippen LogP contribution in [0.15, 0.2) is 22.7 Å². The summed E-state index contributed by atoms with van der Waals surface area (Å²) in [5.41, 5.74) is 6.75. The molecule has 0 unspecified atom stereocenters. The molecular formula is C12H10F2N2O. The molecular weight excluding hydrogens is 226 g/mol. The van der Waals surface area contributed by atoms with E-state index in [0.717, 1.165) is 6.07 Å². The fraction of sp³-hybridized carbons (Fsp3) is 0.0833. The second kappa shape index (κ2) is 4.37. The zero-order chi connectivity index (χ0) is 12.4.